The van der Waals surface area contributed by atoms with Gasteiger partial charge in [-0.3, -0.25) is 14.5 Å². The van der Waals surface area contributed by atoms with E-state index in [0.29, 0.717) is 5.69 Å². The van der Waals surface area contributed by atoms with Gasteiger partial charge in [0.05, 0.1) is 12.0 Å². The quantitative estimate of drug-likeness (QED) is 0.673. The van der Waals surface area contributed by atoms with E-state index in [0.717, 1.165) is 10.0 Å². The first kappa shape index (κ1) is 13.1. The number of nitrogens with two attached hydrogens (primary N) is 1. The molecule has 5 heteroatoms. The zero-order valence-electron chi connectivity index (χ0n) is 10.4. The summed E-state index contributed by atoms with van der Waals surface area (Å²) in [6.07, 6.45) is 0.270. The maximum Gasteiger partial charge on any atom is 0.235 e. The van der Waals surface area contributed by atoms with Gasteiger partial charge in [-0.15, -0.1) is 0 Å². The van der Waals surface area contributed by atoms with Crippen LogP contribution in [0.15, 0.2) is 22.7 Å². The summed E-state index contributed by atoms with van der Waals surface area (Å²) >= 11 is 3.38. The van der Waals surface area contributed by atoms with E-state index in [-0.39, 0.29) is 24.8 Å². The van der Waals surface area contributed by atoms with Gasteiger partial charge in [0.2, 0.25) is 11.8 Å². The number of halogens is 1. The summed E-state index contributed by atoms with van der Waals surface area (Å²) in [7, 11) is 0. The summed E-state index contributed by atoms with van der Waals surface area (Å²) in [5, 5.41) is 0. The van der Waals surface area contributed by atoms with Crippen molar-refractivity contribution in [1.29, 1.82) is 0 Å². The Labute approximate surface area is 114 Å². The molecule has 1 aromatic carbocycles. The second-order valence-corrected chi connectivity index (χ2v) is 5.96. The highest BCUT2D eigenvalue weighted by Crippen LogP contribution is 2.34. The van der Waals surface area contributed by atoms with Crippen molar-refractivity contribution in [2.24, 2.45) is 5.41 Å². The molecule has 4 nitrogen and oxygen atoms in total. The van der Waals surface area contributed by atoms with Crippen molar-refractivity contribution in [1.82, 2.24) is 4.90 Å². The molecular formula is C13H15BrN2O2. The lowest BCUT2D eigenvalue weighted by Gasteiger charge is -2.18. The van der Waals surface area contributed by atoms with Crippen LogP contribution in [-0.4, -0.2) is 16.7 Å². The molecule has 0 spiro atoms. The van der Waals surface area contributed by atoms with Crippen LogP contribution < -0.4 is 5.73 Å². The summed E-state index contributed by atoms with van der Waals surface area (Å²) in [4.78, 5) is 25.3. The maximum atomic E-state index is 12.1. The molecule has 1 aliphatic rings. The highest BCUT2D eigenvalue weighted by molar-refractivity contribution is 9.10. The van der Waals surface area contributed by atoms with Crippen LogP contribution in [0.3, 0.4) is 0 Å². The van der Waals surface area contributed by atoms with Crippen LogP contribution in [0.25, 0.3) is 0 Å². The Hall–Kier alpha value is -1.36. The number of imide groups is 1. The van der Waals surface area contributed by atoms with Gasteiger partial charge in [0.15, 0.2) is 0 Å². The first-order valence-electron chi connectivity index (χ1n) is 5.70. The minimum Gasteiger partial charge on any atom is -0.398 e. The molecule has 1 fully saturated rings. The van der Waals surface area contributed by atoms with Crippen LogP contribution in [0, 0.1) is 5.41 Å². The molecule has 0 saturated carbocycles. The summed E-state index contributed by atoms with van der Waals surface area (Å²) in [6.45, 7) is 3.86. The lowest BCUT2D eigenvalue weighted by Crippen LogP contribution is -2.32. The van der Waals surface area contributed by atoms with Crippen molar-refractivity contribution >= 4 is 33.4 Å². The van der Waals surface area contributed by atoms with Gasteiger partial charge in [0.25, 0.3) is 0 Å². The molecule has 1 aromatic rings. The Kier molecular flexibility index (Phi) is 3.19. The molecule has 1 aliphatic heterocycles. The summed E-state index contributed by atoms with van der Waals surface area (Å²) in [5.41, 5.74) is 6.63. The molecule has 0 radical (unpaired) electrons. The Morgan fingerprint density at radius 1 is 1.39 bits per heavy atom. The van der Waals surface area contributed by atoms with Gasteiger partial charge in [-0.2, -0.15) is 0 Å². The standard InChI is InChI=1S/C13H15BrN2O2/c1-13(2)6-10(17)16(12(13)18)7-8-4-3-5-9(15)11(8)14/h3-5H,6-7,15H2,1-2H3. The van der Waals surface area contributed by atoms with Crippen molar-refractivity contribution in [3.05, 3.63) is 28.2 Å². The smallest absolute Gasteiger partial charge is 0.235 e. The zero-order valence-corrected chi connectivity index (χ0v) is 12.0. The van der Waals surface area contributed by atoms with Gasteiger partial charge in [0.1, 0.15) is 0 Å². The number of hydrogen-bond acceptors (Lipinski definition) is 3. The summed E-state index contributed by atoms with van der Waals surface area (Å²) < 4.78 is 0.746. The molecule has 2 rings (SSSR count). The van der Waals surface area contributed by atoms with Crippen LogP contribution in [0.4, 0.5) is 5.69 Å². The monoisotopic (exact) mass is 310 g/mol. The van der Waals surface area contributed by atoms with E-state index in [4.69, 9.17) is 5.73 Å². The highest BCUT2D eigenvalue weighted by atomic mass is 79.9. The molecule has 0 bridgehead atoms. The van der Waals surface area contributed by atoms with E-state index in [1.807, 2.05) is 12.1 Å². The summed E-state index contributed by atoms with van der Waals surface area (Å²) in [6, 6.07) is 5.43. The van der Waals surface area contributed by atoms with Gasteiger partial charge in [-0.25, -0.2) is 0 Å². The third-order valence-electron chi connectivity index (χ3n) is 3.16. The first-order chi connectivity index (χ1) is 8.33. The molecule has 0 aromatic heterocycles. The van der Waals surface area contributed by atoms with Crippen LogP contribution in [0.2, 0.25) is 0 Å². The number of nitrogen functional groups attached to an aromatic ring is 1. The minimum absolute atomic E-state index is 0.123. The SMILES string of the molecule is CC1(C)CC(=O)N(Cc2cccc(N)c2Br)C1=O. The first-order valence-corrected chi connectivity index (χ1v) is 6.50. The summed E-state index contributed by atoms with van der Waals surface area (Å²) in [5.74, 6) is -0.249. The van der Waals surface area contributed by atoms with Crippen LogP contribution >= 0.6 is 15.9 Å². The zero-order chi connectivity index (χ0) is 13.5. The van der Waals surface area contributed by atoms with E-state index in [9.17, 15) is 9.59 Å². The van der Waals surface area contributed by atoms with E-state index in [1.165, 1.54) is 4.90 Å². The Morgan fingerprint density at radius 2 is 2.06 bits per heavy atom. The number of carbonyl (C=O) groups excluding carboxylic acids is 2. The van der Waals surface area contributed by atoms with Gasteiger partial charge < -0.3 is 5.73 Å². The molecular weight excluding hydrogens is 296 g/mol. The molecule has 0 atom stereocenters. The van der Waals surface area contributed by atoms with Gasteiger partial charge in [-0.05, 0) is 27.6 Å². The lowest BCUT2D eigenvalue weighted by molar-refractivity contribution is -0.141. The number of carbonyl (C=O) groups is 2. The van der Waals surface area contributed by atoms with Crippen molar-refractivity contribution < 1.29 is 9.59 Å². The number of nitrogens with zero attached hydrogens (tertiary/aromatic N) is 1. The number of likely N-dealkylation sites (tertiary alicyclic amines) is 1. The van der Waals surface area contributed by atoms with Crippen LogP contribution in [0.5, 0.6) is 0 Å². The molecule has 1 heterocycles. The number of rotatable bonds is 2. The average Bonchev–Trinajstić information content (AvgIpc) is 2.47. The van der Waals surface area contributed by atoms with Crippen molar-refractivity contribution in [3.8, 4) is 0 Å². The lowest BCUT2D eigenvalue weighted by atomic mass is 9.92. The molecule has 0 aliphatic carbocycles. The molecule has 2 amide bonds. The Balaban J connectivity index is 2.27. The Morgan fingerprint density at radius 3 is 2.61 bits per heavy atom. The second kappa shape index (κ2) is 4.39. The van der Waals surface area contributed by atoms with Crippen molar-refractivity contribution in [2.45, 2.75) is 26.8 Å². The van der Waals surface area contributed by atoms with Crippen LogP contribution in [0.1, 0.15) is 25.8 Å². The maximum absolute atomic E-state index is 12.1. The fourth-order valence-corrected chi connectivity index (χ4v) is 2.47. The molecule has 18 heavy (non-hydrogen) atoms. The van der Waals surface area contributed by atoms with Gasteiger partial charge in [-0.1, -0.05) is 26.0 Å². The number of amides is 2. The van der Waals surface area contributed by atoms with Gasteiger partial charge in [0, 0.05) is 16.6 Å². The fraction of sp³-hybridized carbons (Fsp3) is 0.385. The van der Waals surface area contributed by atoms with E-state index in [2.05, 4.69) is 15.9 Å². The molecule has 0 unspecified atom stereocenters. The fourth-order valence-electron chi connectivity index (χ4n) is 2.08. The van der Waals surface area contributed by atoms with Crippen molar-refractivity contribution in [3.63, 3.8) is 0 Å². The number of benzene rings is 1. The number of anilines is 1. The van der Waals surface area contributed by atoms with Crippen molar-refractivity contribution in [2.75, 3.05) is 5.73 Å². The molecule has 96 valence electrons. The largest absolute Gasteiger partial charge is 0.398 e. The normalized spacial score (nSPS) is 18.5. The topological polar surface area (TPSA) is 63.4 Å². The number of hydrogen-bond donors (Lipinski definition) is 1. The van der Waals surface area contributed by atoms with E-state index >= 15 is 0 Å². The predicted molar refractivity (Wildman–Crippen MR) is 72.5 cm³/mol. The third kappa shape index (κ3) is 2.14. The molecule has 2 N–H and O–H groups in total. The van der Waals surface area contributed by atoms with Crippen LogP contribution in [-0.2, 0) is 16.1 Å². The predicted octanol–water partition coefficient (Wildman–Crippen LogP) is 2.32. The highest BCUT2D eigenvalue weighted by Gasteiger charge is 2.44. The molecule has 1 saturated heterocycles. The van der Waals surface area contributed by atoms with E-state index in [1.54, 1.807) is 19.9 Å². The third-order valence-corrected chi connectivity index (χ3v) is 4.12. The minimum atomic E-state index is -0.593. The average molecular weight is 311 g/mol. The second-order valence-electron chi connectivity index (χ2n) is 5.17. The van der Waals surface area contributed by atoms with Gasteiger partial charge >= 0.3 is 0 Å². The Bertz CT molecular complexity index is 526. The van der Waals surface area contributed by atoms with E-state index < -0.39 is 5.41 Å².